The summed E-state index contributed by atoms with van der Waals surface area (Å²) in [7, 11) is 0. The van der Waals surface area contributed by atoms with Gasteiger partial charge in [-0.05, 0) is 5.92 Å². The molecule has 0 aromatic heterocycles. The molecule has 0 heterocycles. The molecule has 0 aromatic rings. The second-order valence-corrected chi connectivity index (χ2v) is 1.91. The summed E-state index contributed by atoms with van der Waals surface area (Å²) in [5.41, 5.74) is 0. The summed E-state index contributed by atoms with van der Waals surface area (Å²) < 4.78 is 23.1. The maximum absolute atomic E-state index is 11.9. The molecule has 1 atom stereocenters. The van der Waals surface area contributed by atoms with Crippen molar-refractivity contribution in [3.63, 3.8) is 0 Å². The van der Waals surface area contributed by atoms with E-state index in [1.54, 1.807) is 13.8 Å². The van der Waals surface area contributed by atoms with E-state index in [9.17, 15) is 8.78 Å². The van der Waals surface area contributed by atoms with Gasteiger partial charge in [-0.15, -0.1) is 0 Å². The monoisotopic (exact) mass is 108 g/mol. The first-order valence-corrected chi connectivity index (χ1v) is 2.38. The normalized spacial score (nSPS) is 15.0. The van der Waals surface area contributed by atoms with E-state index in [2.05, 4.69) is 0 Å². The Labute approximate surface area is 42.5 Å². The molecule has 0 saturated heterocycles. The van der Waals surface area contributed by atoms with E-state index in [1.165, 1.54) is 0 Å². The molecule has 0 radical (unpaired) electrons. The van der Waals surface area contributed by atoms with Crippen molar-refractivity contribution >= 4 is 0 Å². The summed E-state index contributed by atoms with van der Waals surface area (Å²) in [6.07, 6.45) is -1.26. The molecule has 0 saturated carbocycles. The maximum atomic E-state index is 11.9. The molecule has 7 heavy (non-hydrogen) atoms. The molecular formula is C5H10F2. The lowest BCUT2D eigenvalue weighted by molar-refractivity contribution is 0.203. The van der Waals surface area contributed by atoms with Gasteiger partial charge in [0.15, 0.2) is 0 Å². The molecule has 0 spiro atoms. The van der Waals surface area contributed by atoms with Crippen LogP contribution in [-0.4, -0.2) is 12.8 Å². The molecule has 2 heteroatoms. The highest BCUT2D eigenvalue weighted by Gasteiger charge is 2.08. The van der Waals surface area contributed by atoms with Crippen LogP contribution in [0.15, 0.2) is 0 Å². The van der Waals surface area contributed by atoms with Gasteiger partial charge in [-0.1, -0.05) is 13.8 Å². The minimum Gasteiger partial charge on any atom is -0.248 e. The van der Waals surface area contributed by atoms with E-state index >= 15 is 0 Å². The summed E-state index contributed by atoms with van der Waals surface area (Å²) in [5, 5.41) is 0. The average molecular weight is 108 g/mol. The van der Waals surface area contributed by atoms with Gasteiger partial charge in [-0.2, -0.15) is 0 Å². The molecule has 0 fully saturated rings. The summed E-state index contributed by atoms with van der Waals surface area (Å²) >= 11 is 0. The lowest BCUT2D eigenvalue weighted by atomic mass is 10.1. The van der Waals surface area contributed by atoms with Crippen LogP contribution in [0.1, 0.15) is 13.8 Å². The van der Waals surface area contributed by atoms with Gasteiger partial charge in [0, 0.05) is 0 Å². The Morgan fingerprint density at radius 2 is 1.86 bits per heavy atom. The molecule has 0 bridgehead atoms. The van der Waals surface area contributed by atoms with Gasteiger partial charge in [0.25, 0.3) is 0 Å². The fraction of sp³-hybridized carbons (Fsp3) is 1.00. The van der Waals surface area contributed by atoms with Gasteiger partial charge in [-0.25, -0.2) is 8.78 Å². The quantitative estimate of drug-likeness (QED) is 0.507. The summed E-state index contributed by atoms with van der Waals surface area (Å²) in [6.45, 7) is 2.46. The predicted octanol–water partition coefficient (Wildman–Crippen LogP) is 1.95. The number of rotatable bonds is 2. The zero-order valence-electron chi connectivity index (χ0n) is 4.62. The van der Waals surface area contributed by atoms with E-state index < -0.39 is 12.8 Å². The Kier molecular flexibility index (Phi) is 2.88. The molecule has 0 N–H and O–H groups in total. The van der Waals surface area contributed by atoms with Crippen molar-refractivity contribution in [2.24, 2.45) is 5.92 Å². The van der Waals surface area contributed by atoms with Crippen molar-refractivity contribution < 1.29 is 8.78 Å². The van der Waals surface area contributed by atoms with Crippen LogP contribution in [0.3, 0.4) is 0 Å². The minimum atomic E-state index is -1.26. The first kappa shape index (κ1) is 6.86. The van der Waals surface area contributed by atoms with E-state index in [-0.39, 0.29) is 5.92 Å². The number of hydrogen-bond acceptors (Lipinski definition) is 0. The Morgan fingerprint density at radius 3 is 1.86 bits per heavy atom. The van der Waals surface area contributed by atoms with Gasteiger partial charge in [-0.3, -0.25) is 0 Å². The Hall–Kier alpha value is -0.140. The number of hydrogen-bond donors (Lipinski definition) is 0. The molecule has 0 rings (SSSR count). The van der Waals surface area contributed by atoms with Crippen molar-refractivity contribution in [2.45, 2.75) is 20.0 Å². The van der Waals surface area contributed by atoms with Gasteiger partial charge < -0.3 is 0 Å². The average Bonchev–Trinajstić information content (AvgIpc) is 1.65. The lowest BCUT2D eigenvalue weighted by Crippen LogP contribution is -2.10. The number of alkyl halides is 2. The lowest BCUT2D eigenvalue weighted by Gasteiger charge is -2.04. The summed E-state index contributed by atoms with van der Waals surface area (Å²) in [5.74, 6) is -0.176. The highest BCUT2D eigenvalue weighted by atomic mass is 19.2. The first-order valence-electron chi connectivity index (χ1n) is 2.38. The van der Waals surface area contributed by atoms with E-state index in [0.717, 1.165) is 0 Å². The summed E-state index contributed by atoms with van der Waals surface area (Å²) in [6, 6.07) is 0. The van der Waals surface area contributed by atoms with Crippen LogP contribution < -0.4 is 0 Å². The zero-order chi connectivity index (χ0) is 5.86. The SMILES string of the molecule is CC(C)C(F)CF. The smallest absolute Gasteiger partial charge is 0.131 e. The molecule has 0 nitrogen and oxygen atoms in total. The predicted molar refractivity (Wildman–Crippen MR) is 25.7 cm³/mol. The molecule has 44 valence electrons. The van der Waals surface area contributed by atoms with Gasteiger partial charge in [0.1, 0.15) is 12.8 Å². The van der Waals surface area contributed by atoms with Crippen LogP contribution in [0.25, 0.3) is 0 Å². The molecule has 0 amide bonds. The Bertz CT molecular complexity index is 43.3. The van der Waals surface area contributed by atoms with Crippen LogP contribution in [0.5, 0.6) is 0 Å². The van der Waals surface area contributed by atoms with Crippen LogP contribution in [0, 0.1) is 5.92 Å². The Balaban J connectivity index is 3.14. The van der Waals surface area contributed by atoms with Crippen LogP contribution in [0.4, 0.5) is 8.78 Å². The Morgan fingerprint density at radius 1 is 1.43 bits per heavy atom. The zero-order valence-corrected chi connectivity index (χ0v) is 4.62. The molecule has 0 aliphatic rings. The second kappa shape index (κ2) is 2.94. The van der Waals surface area contributed by atoms with E-state index in [1.807, 2.05) is 0 Å². The van der Waals surface area contributed by atoms with E-state index in [4.69, 9.17) is 0 Å². The third kappa shape index (κ3) is 2.54. The fourth-order valence-corrected chi connectivity index (χ4v) is 0.178. The van der Waals surface area contributed by atoms with E-state index in [0.29, 0.717) is 0 Å². The van der Waals surface area contributed by atoms with Crippen molar-refractivity contribution in [3.8, 4) is 0 Å². The third-order valence-corrected chi connectivity index (χ3v) is 0.871. The highest BCUT2D eigenvalue weighted by molar-refractivity contribution is 4.56. The van der Waals surface area contributed by atoms with Crippen molar-refractivity contribution in [1.82, 2.24) is 0 Å². The molecular weight excluding hydrogens is 98.1 g/mol. The largest absolute Gasteiger partial charge is 0.248 e. The van der Waals surface area contributed by atoms with Crippen LogP contribution >= 0.6 is 0 Å². The van der Waals surface area contributed by atoms with Gasteiger partial charge in [0.05, 0.1) is 0 Å². The first-order chi connectivity index (χ1) is 3.18. The van der Waals surface area contributed by atoms with Gasteiger partial charge >= 0.3 is 0 Å². The topological polar surface area (TPSA) is 0 Å². The molecule has 1 unspecified atom stereocenters. The van der Waals surface area contributed by atoms with Crippen LogP contribution in [0.2, 0.25) is 0 Å². The molecule has 0 aliphatic heterocycles. The molecule has 0 aromatic carbocycles. The fourth-order valence-electron chi connectivity index (χ4n) is 0.178. The third-order valence-electron chi connectivity index (χ3n) is 0.871. The summed E-state index contributed by atoms with van der Waals surface area (Å²) in [4.78, 5) is 0. The van der Waals surface area contributed by atoms with Crippen molar-refractivity contribution in [2.75, 3.05) is 6.67 Å². The maximum Gasteiger partial charge on any atom is 0.131 e. The highest BCUT2D eigenvalue weighted by Crippen LogP contribution is 2.04. The second-order valence-electron chi connectivity index (χ2n) is 1.91. The van der Waals surface area contributed by atoms with Crippen LogP contribution in [-0.2, 0) is 0 Å². The number of halogens is 2. The standard InChI is InChI=1S/C5H10F2/c1-4(2)5(7)3-6/h4-5H,3H2,1-2H3. The van der Waals surface area contributed by atoms with Crippen molar-refractivity contribution in [1.29, 1.82) is 0 Å². The minimum absolute atomic E-state index is 0.176. The molecule has 0 aliphatic carbocycles. The van der Waals surface area contributed by atoms with Gasteiger partial charge in [0.2, 0.25) is 0 Å². The van der Waals surface area contributed by atoms with Crippen molar-refractivity contribution in [3.05, 3.63) is 0 Å².